The molecule has 13 heavy (non-hydrogen) atoms. The number of carbonyl (C=O) groups excluding carboxylic acids is 1. The Kier molecular flexibility index (Phi) is 2.61. The molecule has 0 unspecified atom stereocenters. The summed E-state index contributed by atoms with van der Waals surface area (Å²) >= 11 is 0. The first-order chi connectivity index (χ1) is 6.19. The van der Waals surface area contributed by atoms with Crippen molar-refractivity contribution in [3.63, 3.8) is 0 Å². The van der Waals surface area contributed by atoms with Crippen LogP contribution in [0, 0.1) is 0 Å². The van der Waals surface area contributed by atoms with Crippen molar-refractivity contribution in [3.05, 3.63) is 23.8 Å². The van der Waals surface area contributed by atoms with Crippen LogP contribution >= 0.6 is 0 Å². The fraction of sp³-hybridized carbons (Fsp3) is 0. The van der Waals surface area contributed by atoms with E-state index >= 15 is 0 Å². The lowest BCUT2D eigenvalue weighted by atomic mass is 10.2. The Balaban J connectivity index is 3.18. The number of aliphatic imine (C=N–C) groups is 1. The fourth-order valence-electron chi connectivity index (χ4n) is 0.849. The van der Waals surface area contributed by atoms with Crippen molar-refractivity contribution in [3.8, 4) is 5.75 Å². The average Bonchev–Trinajstić information content (AvgIpc) is 2.17. The van der Waals surface area contributed by atoms with E-state index in [1.807, 2.05) is 0 Å². The molecule has 5 heteroatoms. The summed E-state index contributed by atoms with van der Waals surface area (Å²) in [4.78, 5) is 18.5. The van der Waals surface area contributed by atoms with Gasteiger partial charge in [-0.3, -0.25) is 4.99 Å². The van der Waals surface area contributed by atoms with Crippen LogP contribution in [0.4, 0.5) is 5.69 Å². The molecule has 1 rings (SSSR count). The second-order valence-corrected chi connectivity index (χ2v) is 2.26. The van der Waals surface area contributed by atoms with Gasteiger partial charge in [-0.05, 0) is 24.9 Å². The van der Waals surface area contributed by atoms with E-state index in [4.69, 9.17) is 0 Å². The SMILES string of the molecule is C=Nc1ccc(O)c(C(=O)ON)c1. The van der Waals surface area contributed by atoms with Crippen molar-refractivity contribution >= 4 is 18.4 Å². The Labute approximate surface area is 74.4 Å². The number of hydrogen-bond donors (Lipinski definition) is 2. The number of carbonyl (C=O) groups is 1. The van der Waals surface area contributed by atoms with Crippen molar-refractivity contribution in [2.75, 3.05) is 0 Å². The quantitative estimate of drug-likeness (QED) is 0.519. The molecule has 0 radical (unpaired) electrons. The van der Waals surface area contributed by atoms with Crippen molar-refractivity contribution in [2.24, 2.45) is 10.9 Å². The zero-order valence-electron chi connectivity index (χ0n) is 6.73. The number of phenols is 1. The molecule has 0 aliphatic rings. The highest BCUT2D eigenvalue weighted by Crippen LogP contribution is 2.23. The van der Waals surface area contributed by atoms with Gasteiger partial charge >= 0.3 is 5.97 Å². The van der Waals surface area contributed by atoms with E-state index in [2.05, 4.69) is 22.4 Å². The molecule has 1 aromatic carbocycles. The smallest absolute Gasteiger partial charge is 0.360 e. The minimum absolute atomic E-state index is 0.0348. The molecule has 0 bridgehead atoms. The van der Waals surface area contributed by atoms with Gasteiger partial charge in [-0.1, -0.05) is 0 Å². The number of rotatable bonds is 2. The third kappa shape index (κ3) is 1.83. The zero-order chi connectivity index (χ0) is 9.84. The van der Waals surface area contributed by atoms with Gasteiger partial charge in [-0.2, -0.15) is 5.90 Å². The van der Waals surface area contributed by atoms with Crippen LogP contribution in [-0.4, -0.2) is 17.8 Å². The molecule has 0 atom stereocenters. The second kappa shape index (κ2) is 3.68. The van der Waals surface area contributed by atoms with Crippen LogP contribution in [0.15, 0.2) is 23.2 Å². The first kappa shape index (κ1) is 9.21. The van der Waals surface area contributed by atoms with Crippen LogP contribution < -0.4 is 5.90 Å². The summed E-state index contributed by atoms with van der Waals surface area (Å²) in [5, 5.41) is 9.21. The number of benzene rings is 1. The number of aromatic hydroxyl groups is 1. The summed E-state index contributed by atoms with van der Waals surface area (Å²) in [6.07, 6.45) is 0. The molecule has 0 saturated heterocycles. The lowest BCUT2D eigenvalue weighted by Gasteiger charge is -2.01. The van der Waals surface area contributed by atoms with Crippen LogP contribution in [0.1, 0.15) is 10.4 Å². The fourth-order valence-corrected chi connectivity index (χ4v) is 0.849. The topological polar surface area (TPSA) is 84.9 Å². The predicted molar refractivity (Wildman–Crippen MR) is 46.9 cm³/mol. The maximum Gasteiger partial charge on any atom is 0.360 e. The number of nitrogens with zero attached hydrogens (tertiary/aromatic N) is 1. The van der Waals surface area contributed by atoms with Gasteiger partial charge in [0.15, 0.2) is 0 Å². The monoisotopic (exact) mass is 180 g/mol. The minimum Gasteiger partial charge on any atom is -0.507 e. The van der Waals surface area contributed by atoms with Crippen molar-refractivity contribution < 1.29 is 14.7 Å². The van der Waals surface area contributed by atoms with Crippen LogP contribution in [0.3, 0.4) is 0 Å². The van der Waals surface area contributed by atoms with Crippen LogP contribution in [0.2, 0.25) is 0 Å². The maximum atomic E-state index is 10.9. The van der Waals surface area contributed by atoms with E-state index in [1.165, 1.54) is 18.2 Å². The summed E-state index contributed by atoms with van der Waals surface area (Å²) in [5.41, 5.74) is 0.422. The van der Waals surface area contributed by atoms with E-state index in [-0.39, 0.29) is 11.3 Å². The molecule has 0 saturated carbocycles. The highest BCUT2D eigenvalue weighted by molar-refractivity contribution is 5.93. The van der Waals surface area contributed by atoms with Crippen molar-refractivity contribution in [1.29, 1.82) is 0 Å². The molecule has 5 nitrogen and oxygen atoms in total. The van der Waals surface area contributed by atoms with E-state index < -0.39 is 5.97 Å². The van der Waals surface area contributed by atoms with Gasteiger partial charge in [0, 0.05) is 0 Å². The lowest BCUT2D eigenvalue weighted by molar-refractivity contribution is 0.0500. The molecule has 0 spiro atoms. The number of nitrogens with two attached hydrogens (primary N) is 1. The Morgan fingerprint density at radius 2 is 2.31 bits per heavy atom. The Morgan fingerprint density at radius 1 is 1.62 bits per heavy atom. The minimum atomic E-state index is -0.817. The third-order valence-corrected chi connectivity index (χ3v) is 1.49. The van der Waals surface area contributed by atoms with Gasteiger partial charge in [-0.25, -0.2) is 4.79 Å². The summed E-state index contributed by atoms with van der Waals surface area (Å²) < 4.78 is 0. The van der Waals surface area contributed by atoms with Gasteiger partial charge in [0.1, 0.15) is 11.3 Å². The summed E-state index contributed by atoms with van der Waals surface area (Å²) in [6, 6.07) is 4.16. The van der Waals surface area contributed by atoms with Gasteiger partial charge in [0.25, 0.3) is 0 Å². The zero-order valence-corrected chi connectivity index (χ0v) is 6.73. The molecule has 3 N–H and O–H groups in total. The third-order valence-electron chi connectivity index (χ3n) is 1.49. The standard InChI is InChI=1S/C8H8N2O3/c1-10-5-2-3-7(11)6(4-5)8(12)13-9/h2-4,11H,1,9H2. The summed E-state index contributed by atoms with van der Waals surface area (Å²) in [6.45, 7) is 3.27. The van der Waals surface area contributed by atoms with Gasteiger partial charge in [0.05, 0.1) is 5.69 Å². The van der Waals surface area contributed by atoms with Crippen LogP contribution in [-0.2, 0) is 4.84 Å². The van der Waals surface area contributed by atoms with E-state index in [0.29, 0.717) is 5.69 Å². The molecule has 68 valence electrons. The normalized spacial score (nSPS) is 9.31. The average molecular weight is 180 g/mol. The lowest BCUT2D eigenvalue weighted by Crippen LogP contribution is -2.10. The highest BCUT2D eigenvalue weighted by atomic mass is 16.7. The molecule has 0 fully saturated rings. The molecule has 0 heterocycles. The second-order valence-electron chi connectivity index (χ2n) is 2.26. The van der Waals surface area contributed by atoms with Crippen LogP contribution in [0.5, 0.6) is 5.75 Å². The van der Waals surface area contributed by atoms with Gasteiger partial charge < -0.3 is 9.94 Å². The highest BCUT2D eigenvalue weighted by Gasteiger charge is 2.11. The van der Waals surface area contributed by atoms with Crippen molar-refractivity contribution in [2.45, 2.75) is 0 Å². The van der Waals surface area contributed by atoms with Gasteiger partial charge in [0.2, 0.25) is 0 Å². The van der Waals surface area contributed by atoms with Crippen LogP contribution in [0.25, 0.3) is 0 Å². The molecule has 0 aromatic heterocycles. The van der Waals surface area contributed by atoms with Crippen molar-refractivity contribution in [1.82, 2.24) is 0 Å². The summed E-state index contributed by atoms with van der Waals surface area (Å²) in [5.74, 6) is 3.64. The summed E-state index contributed by atoms with van der Waals surface area (Å²) in [7, 11) is 0. The Morgan fingerprint density at radius 3 is 2.85 bits per heavy atom. The molecular weight excluding hydrogens is 172 g/mol. The predicted octanol–water partition coefficient (Wildman–Crippen LogP) is 0.755. The van der Waals surface area contributed by atoms with Gasteiger partial charge in [-0.15, -0.1) is 0 Å². The van der Waals surface area contributed by atoms with E-state index in [1.54, 1.807) is 0 Å². The number of phenolic OH excluding ortho intramolecular Hbond substituents is 1. The molecule has 1 aromatic rings. The largest absolute Gasteiger partial charge is 0.507 e. The van der Waals surface area contributed by atoms with E-state index in [9.17, 15) is 9.90 Å². The first-order valence-corrected chi connectivity index (χ1v) is 3.40. The first-order valence-electron chi connectivity index (χ1n) is 3.40. The molecule has 0 aliphatic heterocycles. The Hall–Kier alpha value is -1.88. The number of hydrogen-bond acceptors (Lipinski definition) is 5. The maximum absolute atomic E-state index is 10.9. The molecule has 0 amide bonds. The van der Waals surface area contributed by atoms with E-state index in [0.717, 1.165) is 0 Å². The Bertz CT molecular complexity index is 349. The molecular formula is C8H8N2O3. The molecule has 0 aliphatic carbocycles.